The molecule has 0 N–H and O–H groups in total. The molecule has 6 nitrogen and oxygen atoms in total. The standard InChI is InChI=1S/C17H14F4N4O2/c18-11-3-1-10(2-4-11)12-9-13(27-23-12)16(26)24-8-6-14(17(19,20)21)25-15(24)5-7-22-25/h1-5,7,13-14H,6,8-9H2/t13-,14+/m0/s1. The Balaban J connectivity index is 1.50. The van der Waals surface area contributed by atoms with Gasteiger partial charge in [0, 0.05) is 19.0 Å². The van der Waals surface area contributed by atoms with Gasteiger partial charge in [-0.3, -0.25) is 9.69 Å². The Morgan fingerprint density at radius 3 is 2.63 bits per heavy atom. The van der Waals surface area contributed by atoms with Crippen molar-refractivity contribution >= 4 is 17.4 Å². The summed E-state index contributed by atoms with van der Waals surface area (Å²) >= 11 is 0. The summed E-state index contributed by atoms with van der Waals surface area (Å²) in [4.78, 5) is 19.2. The molecular formula is C17H14F4N4O2. The molecule has 2 atom stereocenters. The Morgan fingerprint density at radius 2 is 1.93 bits per heavy atom. The van der Waals surface area contributed by atoms with E-state index in [1.807, 2.05) is 0 Å². The van der Waals surface area contributed by atoms with Crippen LogP contribution in [0.25, 0.3) is 0 Å². The Bertz CT molecular complexity index is 891. The van der Waals surface area contributed by atoms with Crippen molar-refractivity contribution in [3.8, 4) is 0 Å². The van der Waals surface area contributed by atoms with Crippen LogP contribution >= 0.6 is 0 Å². The van der Waals surface area contributed by atoms with Crippen LogP contribution in [0.1, 0.15) is 24.4 Å². The number of rotatable bonds is 2. The number of hydrogen-bond acceptors (Lipinski definition) is 4. The van der Waals surface area contributed by atoms with Gasteiger partial charge in [0.25, 0.3) is 5.91 Å². The number of oxime groups is 1. The van der Waals surface area contributed by atoms with E-state index in [0.29, 0.717) is 11.3 Å². The number of amides is 1. The van der Waals surface area contributed by atoms with Gasteiger partial charge in [0.2, 0.25) is 6.10 Å². The van der Waals surface area contributed by atoms with Crippen LogP contribution in [0.5, 0.6) is 0 Å². The van der Waals surface area contributed by atoms with E-state index in [2.05, 4.69) is 10.3 Å². The van der Waals surface area contributed by atoms with Crippen molar-refractivity contribution < 1.29 is 27.2 Å². The lowest BCUT2D eigenvalue weighted by Gasteiger charge is -2.34. The fourth-order valence-electron chi connectivity index (χ4n) is 3.27. The molecule has 1 aromatic heterocycles. The van der Waals surface area contributed by atoms with Gasteiger partial charge in [-0.25, -0.2) is 9.07 Å². The molecule has 2 aliphatic rings. The van der Waals surface area contributed by atoms with Crippen LogP contribution in [-0.4, -0.2) is 40.2 Å². The van der Waals surface area contributed by atoms with Crippen LogP contribution in [0, 0.1) is 5.82 Å². The Morgan fingerprint density at radius 1 is 1.19 bits per heavy atom. The second-order valence-electron chi connectivity index (χ2n) is 6.31. The highest BCUT2D eigenvalue weighted by atomic mass is 19.4. The zero-order valence-corrected chi connectivity index (χ0v) is 13.9. The van der Waals surface area contributed by atoms with Crippen LogP contribution in [0.4, 0.5) is 23.4 Å². The Hall–Kier alpha value is -2.91. The van der Waals surface area contributed by atoms with E-state index in [4.69, 9.17) is 4.84 Å². The van der Waals surface area contributed by atoms with E-state index in [-0.39, 0.29) is 25.2 Å². The van der Waals surface area contributed by atoms with Gasteiger partial charge in [-0.15, -0.1) is 0 Å². The molecular weight excluding hydrogens is 368 g/mol. The van der Waals surface area contributed by atoms with Gasteiger partial charge in [0.15, 0.2) is 6.04 Å². The maximum atomic E-state index is 13.2. The molecule has 0 bridgehead atoms. The third-order valence-electron chi connectivity index (χ3n) is 4.61. The number of carbonyl (C=O) groups is 1. The number of hydrogen-bond donors (Lipinski definition) is 0. The first-order valence-electron chi connectivity index (χ1n) is 8.25. The smallest absolute Gasteiger partial charge is 0.382 e. The molecule has 1 aromatic carbocycles. The molecule has 0 aliphatic carbocycles. The van der Waals surface area contributed by atoms with Crippen molar-refractivity contribution in [1.82, 2.24) is 9.78 Å². The summed E-state index contributed by atoms with van der Waals surface area (Å²) in [7, 11) is 0. The Labute approximate surface area is 151 Å². The van der Waals surface area contributed by atoms with Crippen molar-refractivity contribution in [3.63, 3.8) is 0 Å². The first-order valence-corrected chi connectivity index (χ1v) is 8.25. The number of anilines is 1. The van der Waals surface area contributed by atoms with E-state index in [1.165, 1.54) is 41.4 Å². The second-order valence-corrected chi connectivity index (χ2v) is 6.31. The molecule has 4 rings (SSSR count). The van der Waals surface area contributed by atoms with Gasteiger partial charge in [0.1, 0.15) is 11.6 Å². The number of fused-ring (bicyclic) bond motifs is 1. The van der Waals surface area contributed by atoms with Crippen molar-refractivity contribution in [2.24, 2.45) is 5.16 Å². The molecule has 1 amide bonds. The first-order chi connectivity index (χ1) is 12.8. The summed E-state index contributed by atoms with van der Waals surface area (Å²) < 4.78 is 53.3. The van der Waals surface area contributed by atoms with Crippen molar-refractivity contribution in [2.45, 2.75) is 31.2 Å². The third-order valence-corrected chi connectivity index (χ3v) is 4.61. The lowest BCUT2D eigenvalue weighted by Crippen LogP contribution is -2.46. The third kappa shape index (κ3) is 3.15. The number of benzene rings is 1. The molecule has 2 aromatic rings. The monoisotopic (exact) mass is 382 g/mol. The molecule has 0 saturated carbocycles. The van der Waals surface area contributed by atoms with Gasteiger partial charge in [-0.1, -0.05) is 17.3 Å². The summed E-state index contributed by atoms with van der Waals surface area (Å²) in [6, 6.07) is 5.19. The molecule has 0 radical (unpaired) electrons. The van der Waals surface area contributed by atoms with Crippen LogP contribution in [0.15, 0.2) is 41.7 Å². The first kappa shape index (κ1) is 17.5. The lowest BCUT2D eigenvalue weighted by molar-refractivity contribution is -0.173. The maximum Gasteiger partial charge on any atom is 0.410 e. The van der Waals surface area contributed by atoms with Crippen molar-refractivity contribution in [1.29, 1.82) is 0 Å². The van der Waals surface area contributed by atoms with Crippen LogP contribution in [0.3, 0.4) is 0 Å². The number of carbonyl (C=O) groups excluding carboxylic acids is 1. The lowest BCUT2D eigenvalue weighted by atomic mass is 10.0. The number of aromatic nitrogens is 2. The molecule has 2 aliphatic heterocycles. The summed E-state index contributed by atoms with van der Waals surface area (Å²) in [5, 5.41) is 7.61. The number of halogens is 4. The molecule has 142 valence electrons. The summed E-state index contributed by atoms with van der Waals surface area (Å²) in [6.07, 6.45) is -4.30. The average molecular weight is 382 g/mol. The SMILES string of the molecule is O=C([C@@H]1CC(c2ccc(F)cc2)=NO1)N1CC[C@H](C(F)(F)F)n2nccc21. The Kier molecular flexibility index (Phi) is 4.12. The van der Waals surface area contributed by atoms with E-state index >= 15 is 0 Å². The minimum atomic E-state index is -4.45. The fraction of sp³-hybridized carbons (Fsp3) is 0.353. The zero-order chi connectivity index (χ0) is 19.2. The minimum absolute atomic E-state index is 0.0763. The fourth-order valence-corrected chi connectivity index (χ4v) is 3.27. The summed E-state index contributed by atoms with van der Waals surface area (Å²) in [5.41, 5.74) is 1.10. The van der Waals surface area contributed by atoms with E-state index in [9.17, 15) is 22.4 Å². The summed E-state index contributed by atoms with van der Waals surface area (Å²) in [6.45, 7) is -0.0968. The second kappa shape index (κ2) is 6.36. The predicted octanol–water partition coefficient (Wildman–Crippen LogP) is 3.06. The van der Waals surface area contributed by atoms with E-state index < -0.39 is 30.0 Å². The van der Waals surface area contributed by atoms with Crippen molar-refractivity contribution in [2.75, 3.05) is 11.4 Å². The molecule has 10 heteroatoms. The van der Waals surface area contributed by atoms with Crippen LogP contribution < -0.4 is 4.90 Å². The molecule has 0 unspecified atom stereocenters. The van der Waals surface area contributed by atoms with Gasteiger partial charge in [-0.05, 0) is 24.1 Å². The highest BCUT2D eigenvalue weighted by Crippen LogP contribution is 2.39. The van der Waals surface area contributed by atoms with Gasteiger partial charge in [0.05, 0.1) is 11.9 Å². The largest absolute Gasteiger partial charge is 0.410 e. The summed E-state index contributed by atoms with van der Waals surface area (Å²) in [5.74, 6) is -0.808. The normalized spacial score (nSPS) is 22.2. The highest BCUT2D eigenvalue weighted by molar-refractivity contribution is 6.06. The quantitative estimate of drug-likeness (QED) is 0.750. The minimum Gasteiger partial charge on any atom is -0.382 e. The maximum absolute atomic E-state index is 13.2. The predicted molar refractivity (Wildman–Crippen MR) is 86.7 cm³/mol. The van der Waals surface area contributed by atoms with E-state index in [1.54, 1.807) is 0 Å². The molecule has 0 fully saturated rings. The number of nitrogens with zero attached hydrogens (tertiary/aromatic N) is 4. The van der Waals surface area contributed by atoms with Crippen LogP contribution in [0.2, 0.25) is 0 Å². The number of alkyl halides is 3. The molecule has 27 heavy (non-hydrogen) atoms. The molecule has 3 heterocycles. The topological polar surface area (TPSA) is 59.7 Å². The average Bonchev–Trinajstić information content (AvgIpc) is 3.29. The van der Waals surface area contributed by atoms with Crippen LogP contribution in [-0.2, 0) is 9.63 Å². The zero-order valence-electron chi connectivity index (χ0n) is 13.9. The van der Waals surface area contributed by atoms with Crippen molar-refractivity contribution in [3.05, 3.63) is 47.9 Å². The molecule has 0 spiro atoms. The van der Waals surface area contributed by atoms with Gasteiger partial charge >= 0.3 is 6.18 Å². The van der Waals surface area contributed by atoms with Gasteiger partial charge in [-0.2, -0.15) is 18.3 Å². The van der Waals surface area contributed by atoms with Gasteiger partial charge < -0.3 is 4.84 Å². The highest BCUT2D eigenvalue weighted by Gasteiger charge is 2.47. The van der Waals surface area contributed by atoms with E-state index in [0.717, 1.165) is 4.68 Å². The molecule has 0 saturated heterocycles.